The number of nitrogen functional groups attached to an aromatic ring is 1. The molecular weight excluding hydrogens is 303 g/mol. The Balaban J connectivity index is 0.000000204. The lowest BCUT2D eigenvalue weighted by atomic mass is 10.3. The molecule has 0 unspecified atom stereocenters. The van der Waals surface area contributed by atoms with Crippen molar-refractivity contribution < 1.29 is 4.92 Å². The number of hydrogen-bond acceptors (Lipinski definition) is 5. The first kappa shape index (κ1) is 16.1. The molecule has 2 aromatic rings. The van der Waals surface area contributed by atoms with Crippen molar-refractivity contribution in [2.75, 3.05) is 5.73 Å². The summed E-state index contributed by atoms with van der Waals surface area (Å²) in [7, 11) is 0. The van der Waals surface area contributed by atoms with E-state index in [1.54, 1.807) is 19.2 Å². The molecule has 2 N–H and O–H groups in total. The summed E-state index contributed by atoms with van der Waals surface area (Å²) in [5.41, 5.74) is 7.63. The van der Waals surface area contributed by atoms with Gasteiger partial charge in [0.05, 0.1) is 16.8 Å². The number of pyridine rings is 2. The Morgan fingerprint density at radius 2 is 1.60 bits per heavy atom. The normalized spacial score (nSPS) is 9.60. The monoisotopic (exact) mass is 314 g/mol. The molecule has 6 nitrogen and oxygen atoms in total. The molecule has 0 aliphatic rings. The maximum Gasteiger partial charge on any atom is 0.290 e. The van der Waals surface area contributed by atoms with Gasteiger partial charge < -0.3 is 5.73 Å². The molecule has 0 saturated carbocycles. The molecule has 0 aromatic carbocycles. The van der Waals surface area contributed by atoms with Crippen LogP contribution in [0, 0.1) is 24.0 Å². The van der Waals surface area contributed by atoms with Gasteiger partial charge in [-0.3, -0.25) is 10.1 Å². The van der Waals surface area contributed by atoms with Crippen molar-refractivity contribution in [3.8, 4) is 0 Å². The van der Waals surface area contributed by atoms with Crippen molar-refractivity contribution in [1.82, 2.24) is 9.97 Å². The first-order valence-electron chi connectivity index (χ1n) is 5.45. The van der Waals surface area contributed by atoms with E-state index in [2.05, 4.69) is 9.97 Å². The van der Waals surface area contributed by atoms with Crippen LogP contribution in [0.2, 0.25) is 10.3 Å². The summed E-state index contributed by atoms with van der Waals surface area (Å²) in [6.07, 6.45) is 2.70. The number of hydrogen-bond donors (Lipinski definition) is 1. The van der Waals surface area contributed by atoms with Crippen LogP contribution in [0.15, 0.2) is 24.5 Å². The molecule has 0 atom stereocenters. The average Bonchev–Trinajstić information content (AvgIpc) is 2.34. The molecule has 0 saturated heterocycles. The zero-order chi connectivity index (χ0) is 15.3. The summed E-state index contributed by atoms with van der Waals surface area (Å²) in [4.78, 5) is 17.1. The van der Waals surface area contributed by atoms with Crippen LogP contribution in [0.3, 0.4) is 0 Å². The van der Waals surface area contributed by atoms with Gasteiger partial charge >= 0.3 is 0 Å². The van der Waals surface area contributed by atoms with Crippen molar-refractivity contribution in [2.45, 2.75) is 13.8 Å². The van der Waals surface area contributed by atoms with Crippen LogP contribution in [-0.2, 0) is 0 Å². The number of halogens is 2. The highest BCUT2D eigenvalue weighted by Gasteiger charge is 2.09. The molecule has 0 amide bonds. The van der Waals surface area contributed by atoms with Crippen molar-refractivity contribution >= 4 is 34.6 Å². The van der Waals surface area contributed by atoms with Gasteiger partial charge in [-0.1, -0.05) is 23.2 Å². The van der Waals surface area contributed by atoms with Gasteiger partial charge in [-0.05, 0) is 31.5 Å². The summed E-state index contributed by atoms with van der Waals surface area (Å²) in [6.45, 7) is 3.51. The maximum absolute atomic E-state index is 10.3. The number of anilines is 1. The van der Waals surface area contributed by atoms with Crippen LogP contribution in [-0.4, -0.2) is 14.9 Å². The number of aryl methyl sites for hydroxylation is 2. The van der Waals surface area contributed by atoms with Gasteiger partial charge in [-0.2, -0.15) is 0 Å². The lowest BCUT2D eigenvalue weighted by Crippen LogP contribution is -1.92. The molecule has 0 spiro atoms. The Morgan fingerprint density at radius 1 is 1.10 bits per heavy atom. The zero-order valence-electron chi connectivity index (χ0n) is 10.8. The van der Waals surface area contributed by atoms with Gasteiger partial charge in [0.15, 0.2) is 0 Å². The number of rotatable bonds is 1. The molecule has 0 fully saturated rings. The maximum atomic E-state index is 10.3. The van der Waals surface area contributed by atoms with Crippen molar-refractivity contribution in [1.29, 1.82) is 0 Å². The Bertz CT molecular complexity index is 635. The van der Waals surface area contributed by atoms with Crippen LogP contribution in [0.5, 0.6) is 0 Å². The standard InChI is InChI=1S/C6H5ClN2O2.C6H7ClN2/c1-4-2-6(7)8-3-5(4)9(10)11;1-4-2-6(7)9-3-5(4)8/h2-3H,1H3;2-3H,8H2,1H3. The summed E-state index contributed by atoms with van der Waals surface area (Å²) < 4.78 is 0. The minimum absolute atomic E-state index is 0.00519. The van der Waals surface area contributed by atoms with E-state index in [-0.39, 0.29) is 10.8 Å². The quantitative estimate of drug-likeness (QED) is 0.493. The molecule has 2 aromatic heterocycles. The average molecular weight is 315 g/mol. The third-order valence-corrected chi connectivity index (χ3v) is 2.78. The minimum atomic E-state index is -0.487. The van der Waals surface area contributed by atoms with Crippen molar-refractivity contribution in [3.05, 3.63) is 56.1 Å². The van der Waals surface area contributed by atoms with E-state index in [4.69, 9.17) is 28.9 Å². The van der Waals surface area contributed by atoms with Gasteiger partial charge in [0.25, 0.3) is 5.69 Å². The van der Waals surface area contributed by atoms with E-state index in [0.29, 0.717) is 16.4 Å². The Kier molecular flexibility index (Phi) is 5.66. The van der Waals surface area contributed by atoms with E-state index in [9.17, 15) is 10.1 Å². The predicted molar refractivity (Wildman–Crippen MR) is 79.0 cm³/mol. The van der Waals surface area contributed by atoms with E-state index >= 15 is 0 Å². The molecular formula is C12H12Cl2N4O2. The molecule has 2 heterocycles. The highest BCUT2D eigenvalue weighted by atomic mass is 35.5. The second-order valence-corrected chi connectivity index (χ2v) is 4.69. The highest BCUT2D eigenvalue weighted by Crippen LogP contribution is 2.18. The second-order valence-electron chi connectivity index (χ2n) is 3.91. The van der Waals surface area contributed by atoms with Crippen LogP contribution in [0.4, 0.5) is 11.4 Å². The summed E-state index contributed by atoms with van der Waals surface area (Å²) in [5.74, 6) is 0. The third kappa shape index (κ3) is 4.64. The van der Waals surface area contributed by atoms with Gasteiger partial charge in [0, 0.05) is 5.56 Å². The lowest BCUT2D eigenvalue weighted by molar-refractivity contribution is -0.385. The molecule has 8 heteroatoms. The Labute approximate surface area is 125 Å². The molecule has 0 aliphatic heterocycles. The smallest absolute Gasteiger partial charge is 0.290 e. The van der Waals surface area contributed by atoms with E-state index < -0.39 is 4.92 Å². The molecule has 0 radical (unpaired) electrons. The first-order valence-corrected chi connectivity index (χ1v) is 6.21. The van der Waals surface area contributed by atoms with Crippen molar-refractivity contribution in [2.24, 2.45) is 0 Å². The van der Waals surface area contributed by atoms with Gasteiger partial charge in [-0.25, -0.2) is 9.97 Å². The minimum Gasteiger partial charge on any atom is -0.397 e. The van der Waals surface area contributed by atoms with E-state index in [1.807, 2.05) is 6.92 Å². The number of nitrogens with two attached hydrogens (primary N) is 1. The molecule has 0 aliphatic carbocycles. The van der Waals surface area contributed by atoms with Crippen LogP contribution >= 0.6 is 23.2 Å². The largest absolute Gasteiger partial charge is 0.397 e. The molecule has 106 valence electrons. The van der Waals surface area contributed by atoms with Gasteiger partial charge in [0.2, 0.25) is 0 Å². The first-order chi connectivity index (χ1) is 9.31. The van der Waals surface area contributed by atoms with E-state index in [1.165, 1.54) is 6.07 Å². The number of nitrogens with zero attached hydrogens (tertiary/aromatic N) is 3. The summed E-state index contributed by atoms with van der Waals surface area (Å²) >= 11 is 11.0. The third-order valence-electron chi connectivity index (χ3n) is 2.36. The summed E-state index contributed by atoms with van der Waals surface area (Å²) in [5, 5.41) is 11.0. The SMILES string of the molecule is Cc1cc(Cl)ncc1N.Cc1cc(Cl)ncc1[N+](=O)[O-]. The fourth-order valence-electron chi connectivity index (χ4n) is 1.24. The predicted octanol–water partition coefficient (Wildman–Crippen LogP) is 3.58. The number of nitro groups is 1. The van der Waals surface area contributed by atoms with Crippen molar-refractivity contribution in [3.63, 3.8) is 0 Å². The zero-order valence-corrected chi connectivity index (χ0v) is 12.3. The molecule has 0 bridgehead atoms. The lowest BCUT2D eigenvalue weighted by Gasteiger charge is -1.96. The van der Waals surface area contributed by atoms with Gasteiger partial charge in [0.1, 0.15) is 16.5 Å². The molecule has 20 heavy (non-hydrogen) atoms. The summed E-state index contributed by atoms with van der Waals surface area (Å²) in [6, 6.07) is 3.19. The topological polar surface area (TPSA) is 94.9 Å². The molecule has 2 rings (SSSR count). The second kappa shape index (κ2) is 7.02. The Morgan fingerprint density at radius 3 is 2.00 bits per heavy atom. The number of aromatic nitrogens is 2. The fraction of sp³-hybridized carbons (Fsp3) is 0.167. The Hall–Kier alpha value is -1.92. The van der Waals surface area contributed by atoms with E-state index in [0.717, 1.165) is 11.8 Å². The van der Waals surface area contributed by atoms with Crippen LogP contribution < -0.4 is 5.73 Å². The van der Waals surface area contributed by atoms with Crippen LogP contribution in [0.25, 0.3) is 0 Å². The van der Waals surface area contributed by atoms with Crippen LogP contribution in [0.1, 0.15) is 11.1 Å². The van der Waals surface area contributed by atoms with Gasteiger partial charge in [-0.15, -0.1) is 0 Å². The highest BCUT2D eigenvalue weighted by molar-refractivity contribution is 6.29. The fourth-order valence-corrected chi connectivity index (χ4v) is 1.66.